The van der Waals surface area contributed by atoms with Crippen molar-refractivity contribution in [3.05, 3.63) is 51.8 Å². The van der Waals surface area contributed by atoms with Crippen LogP contribution in [0.4, 0.5) is 5.69 Å². The lowest BCUT2D eigenvalue weighted by Gasteiger charge is -2.23. The summed E-state index contributed by atoms with van der Waals surface area (Å²) in [6.07, 6.45) is 4.90. The summed E-state index contributed by atoms with van der Waals surface area (Å²) < 4.78 is 29.1. The first kappa shape index (κ1) is 23.1. The van der Waals surface area contributed by atoms with Gasteiger partial charge in [0, 0.05) is 0 Å². The molecule has 8 heteroatoms. The van der Waals surface area contributed by atoms with E-state index in [1.54, 1.807) is 6.92 Å². The fraction of sp³-hybridized carbons (Fsp3) is 0.478. The second-order valence-corrected chi connectivity index (χ2v) is 10.3. The third-order valence-corrected chi connectivity index (χ3v) is 7.38. The Balaban J connectivity index is 2.05. The first-order valence-electron chi connectivity index (χ1n) is 10.7. The number of carbonyl (C=O) groups is 1. The normalized spacial score (nSPS) is 16.1. The van der Waals surface area contributed by atoms with E-state index in [9.17, 15) is 23.1 Å². The number of nitrogens with zero attached hydrogens (tertiary/aromatic N) is 1. The van der Waals surface area contributed by atoms with Crippen molar-refractivity contribution in [3.8, 4) is 11.3 Å². The molecule has 0 radical (unpaired) electrons. The van der Waals surface area contributed by atoms with Gasteiger partial charge in [-0.3, -0.25) is 14.1 Å². The third-order valence-electron chi connectivity index (χ3n) is 5.94. The molecule has 1 aromatic carbocycles. The maximum absolute atomic E-state index is 13.3. The lowest BCUT2D eigenvalue weighted by Crippen LogP contribution is -2.34. The SMILES string of the molecule is Cc1ccc(-c2c(C)cc(NS(=O)(=O)CC3CCCCC3)c(=O)n2C(C)C(=O)O)cc1. The number of rotatable bonds is 7. The predicted octanol–water partition coefficient (Wildman–Crippen LogP) is 4.10. The summed E-state index contributed by atoms with van der Waals surface area (Å²) in [6.45, 7) is 5.10. The summed E-state index contributed by atoms with van der Waals surface area (Å²) in [5, 5.41) is 9.61. The molecule has 0 aliphatic heterocycles. The Hall–Kier alpha value is -2.61. The van der Waals surface area contributed by atoms with Gasteiger partial charge in [0.1, 0.15) is 11.7 Å². The summed E-state index contributed by atoms with van der Waals surface area (Å²) in [7, 11) is -3.73. The second-order valence-electron chi connectivity index (χ2n) is 8.53. The van der Waals surface area contributed by atoms with Crippen LogP contribution < -0.4 is 10.3 Å². The van der Waals surface area contributed by atoms with E-state index in [-0.39, 0.29) is 17.4 Å². The van der Waals surface area contributed by atoms with E-state index in [1.807, 2.05) is 31.2 Å². The number of hydrogen-bond donors (Lipinski definition) is 2. The molecule has 31 heavy (non-hydrogen) atoms. The minimum absolute atomic E-state index is 0.0281. The van der Waals surface area contributed by atoms with Crippen LogP contribution in [-0.4, -0.2) is 29.8 Å². The maximum Gasteiger partial charge on any atom is 0.326 e. The zero-order valence-electron chi connectivity index (χ0n) is 18.2. The number of hydrogen-bond acceptors (Lipinski definition) is 4. The van der Waals surface area contributed by atoms with Gasteiger partial charge in [-0.1, -0.05) is 49.1 Å². The average molecular weight is 447 g/mol. The van der Waals surface area contributed by atoms with Crippen molar-refractivity contribution in [2.75, 3.05) is 10.5 Å². The molecule has 3 rings (SSSR count). The fourth-order valence-corrected chi connectivity index (χ4v) is 5.79. The van der Waals surface area contributed by atoms with Crippen LogP contribution in [0.15, 0.2) is 35.1 Å². The quantitative estimate of drug-likeness (QED) is 0.666. The Bertz CT molecular complexity index is 1110. The van der Waals surface area contributed by atoms with Crippen molar-refractivity contribution in [1.82, 2.24) is 4.57 Å². The van der Waals surface area contributed by atoms with Crippen LogP contribution in [0.25, 0.3) is 11.3 Å². The molecule has 0 saturated heterocycles. The molecular weight excluding hydrogens is 416 g/mol. The van der Waals surface area contributed by atoms with E-state index >= 15 is 0 Å². The van der Waals surface area contributed by atoms with Gasteiger partial charge >= 0.3 is 5.97 Å². The number of benzene rings is 1. The minimum atomic E-state index is -3.73. The van der Waals surface area contributed by atoms with Gasteiger partial charge in [0.15, 0.2) is 0 Å². The number of aliphatic carboxylic acids is 1. The Kier molecular flexibility index (Phi) is 6.89. The first-order valence-corrected chi connectivity index (χ1v) is 12.3. The summed E-state index contributed by atoms with van der Waals surface area (Å²) >= 11 is 0. The van der Waals surface area contributed by atoms with Crippen LogP contribution in [0.1, 0.15) is 56.2 Å². The van der Waals surface area contributed by atoms with Gasteiger partial charge in [-0.25, -0.2) is 13.2 Å². The molecule has 7 nitrogen and oxygen atoms in total. The van der Waals surface area contributed by atoms with E-state index in [0.29, 0.717) is 16.8 Å². The lowest BCUT2D eigenvalue weighted by molar-refractivity contribution is -0.140. The number of nitrogens with one attached hydrogen (secondary N) is 1. The second kappa shape index (κ2) is 9.26. The van der Waals surface area contributed by atoms with Gasteiger partial charge in [0.2, 0.25) is 10.0 Å². The molecule has 1 aromatic heterocycles. The van der Waals surface area contributed by atoms with Crippen molar-refractivity contribution in [2.24, 2.45) is 5.92 Å². The highest BCUT2D eigenvalue weighted by atomic mass is 32.2. The molecule has 2 N–H and O–H groups in total. The molecule has 2 aromatic rings. The largest absolute Gasteiger partial charge is 0.480 e. The van der Waals surface area contributed by atoms with Crippen molar-refractivity contribution in [2.45, 2.75) is 58.9 Å². The third kappa shape index (κ3) is 5.36. The fourth-order valence-electron chi connectivity index (χ4n) is 4.27. The standard InChI is InChI=1S/C23H30N2O5S/c1-15-9-11-19(12-10-15)21-16(2)13-20(22(26)25(21)17(3)23(27)28)24-31(29,30)14-18-7-5-4-6-8-18/h9-13,17-18,24H,4-8,14H2,1-3H3,(H,27,28). The van der Waals surface area contributed by atoms with E-state index in [0.717, 1.165) is 37.7 Å². The molecule has 1 fully saturated rings. The Morgan fingerprint density at radius 2 is 1.77 bits per heavy atom. The molecule has 0 bridgehead atoms. The van der Waals surface area contributed by atoms with E-state index < -0.39 is 27.6 Å². The van der Waals surface area contributed by atoms with E-state index in [1.165, 1.54) is 17.6 Å². The number of sulfonamides is 1. The molecule has 1 unspecified atom stereocenters. The highest BCUT2D eigenvalue weighted by Gasteiger charge is 2.26. The molecular formula is C23H30N2O5S. The summed E-state index contributed by atoms with van der Waals surface area (Å²) in [5.41, 5.74) is 2.04. The smallest absolute Gasteiger partial charge is 0.326 e. The van der Waals surface area contributed by atoms with Gasteiger partial charge < -0.3 is 5.11 Å². The molecule has 1 heterocycles. The van der Waals surface area contributed by atoms with E-state index in [2.05, 4.69) is 4.72 Å². The molecule has 168 valence electrons. The summed E-state index contributed by atoms with van der Waals surface area (Å²) in [6, 6.07) is 7.77. The minimum Gasteiger partial charge on any atom is -0.480 e. The first-order chi connectivity index (χ1) is 14.6. The highest BCUT2D eigenvalue weighted by Crippen LogP contribution is 2.28. The Labute approximate surface area is 183 Å². The molecule has 1 aliphatic carbocycles. The monoisotopic (exact) mass is 446 g/mol. The average Bonchev–Trinajstić information content (AvgIpc) is 2.70. The van der Waals surface area contributed by atoms with Crippen molar-refractivity contribution in [1.29, 1.82) is 0 Å². The van der Waals surface area contributed by atoms with Crippen molar-refractivity contribution < 1.29 is 18.3 Å². The van der Waals surface area contributed by atoms with Crippen LogP contribution in [0.2, 0.25) is 0 Å². The number of carboxylic acid groups (broad SMARTS) is 1. The molecule has 1 saturated carbocycles. The number of pyridine rings is 1. The van der Waals surface area contributed by atoms with Crippen molar-refractivity contribution in [3.63, 3.8) is 0 Å². The van der Waals surface area contributed by atoms with Crippen LogP contribution in [-0.2, 0) is 14.8 Å². The topological polar surface area (TPSA) is 105 Å². The Morgan fingerprint density at radius 1 is 1.16 bits per heavy atom. The number of aryl methyl sites for hydroxylation is 2. The van der Waals surface area contributed by atoms with Crippen LogP contribution in [0.3, 0.4) is 0 Å². The number of carboxylic acids is 1. The van der Waals surface area contributed by atoms with Gasteiger partial charge in [0.25, 0.3) is 5.56 Å². The summed E-state index contributed by atoms with van der Waals surface area (Å²) in [5.74, 6) is -1.11. The van der Waals surface area contributed by atoms with Crippen molar-refractivity contribution >= 4 is 21.7 Å². The van der Waals surface area contributed by atoms with Gasteiger partial charge in [0.05, 0.1) is 11.4 Å². The molecule has 1 aliphatic rings. The predicted molar refractivity (Wildman–Crippen MR) is 122 cm³/mol. The van der Waals surface area contributed by atoms with Gasteiger partial charge in [-0.2, -0.15) is 0 Å². The van der Waals surface area contributed by atoms with Gasteiger partial charge in [-0.05, 0) is 56.7 Å². The zero-order valence-corrected chi connectivity index (χ0v) is 19.0. The van der Waals surface area contributed by atoms with Gasteiger partial charge in [-0.15, -0.1) is 0 Å². The maximum atomic E-state index is 13.3. The van der Waals surface area contributed by atoms with Crippen LogP contribution in [0.5, 0.6) is 0 Å². The zero-order chi connectivity index (χ0) is 22.8. The van der Waals surface area contributed by atoms with Crippen LogP contribution in [0, 0.1) is 19.8 Å². The number of anilines is 1. The van der Waals surface area contributed by atoms with Crippen LogP contribution >= 0.6 is 0 Å². The Morgan fingerprint density at radius 3 is 2.35 bits per heavy atom. The lowest BCUT2D eigenvalue weighted by atomic mass is 9.91. The summed E-state index contributed by atoms with van der Waals surface area (Å²) in [4.78, 5) is 25.0. The molecule has 1 atom stereocenters. The van der Waals surface area contributed by atoms with E-state index in [4.69, 9.17) is 0 Å². The molecule has 0 spiro atoms. The number of aromatic nitrogens is 1. The highest BCUT2D eigenvalue weighted by molar-refractivity contribution is 7.92. The molecule has 0 amide bonds.